The summed E-state index contributed by atoms with van der Waals surface area (Å²) in [4.78, 5) is 5.74. The molecule has 0 saturated heterocycles. The minimum atomic E-state index is 0.351. The summed E-state index contributed by atoms with van der Waals surface area (Å²) in [5.74, 6) is 1.50. The first-order chi connectivity index (χ1) is 6.90. The van der Waals surface area contributed by atoms with Crippen molar-refractivity contribution in [2.24, 2.45) is 16.5 Å². The van der Waals surface area contributed by atoms with Gasteiger partial charge in [-0.15, -0.1) is 0 Å². The van der Waals surface area contributed by atoms with Crippen molar-refractivity contribution in [1.29, 1.82) is 0 Å². The highest BCUT2D eigenvalue weighted by Gasteiger charge is 2.07. The van der Waals surface area contributed by atoms with Crippen LogP contribution in [-0.2, 0) is 0 Å². The summed E-state index contributed by atoms with van der Waals surface area (Å²) in [6, 6.07) is 0. The third-order valence-corrected chi connectivity index (χ3v) is 1.70. The number of nitrogens with zero attached hydrogens (tertiary/aromatic N) is 2. The van der Waals surface area contributed by atoms with Crippen molar-refractivity contribution in [2.75, 3.05) is 14.1 Å². The second kappa shape index (κ2) is 5.74. The minimum absolute atomic E-state index is 0.351. The molecule has 0 aromatic rings. The van der Waals surface area contributed by atoms with Gasteiger partial charge in [0.25, 0.3) is 0 Å². The maximum atomic E-state index is 5.73. The van der Waals surface area contributed by atoms with Crippen molar-refractivity contribution < 1.29 is 0 Å². The van der Waals surface area contributed by atoms with Crippen LogP contribution in [0, 0.1) is 0 Å². The molecule has 0 spiro atoms. The zero-order valence-electron chi connectivity index (χ0n) is 9.54. The van der Waals surface area contributed by atoms with Gasteiger partial charge in [-0.05, 0) is 6.92 Å². The Labute approximate surface area is 90.8 Å². The van der Waals surface area contributed by atoms with Crippen LogP contribution in [-0.4, -0.2) is 24.8 Å². The quantitative estimate of drug-likeness (QED) is 0.449. The fourth-order valence-electron chi connectivity index (χ4n) is 1.01. The lowest BCUT2D eigenvalue weighted by molar-refractivity contribution is 0.472. The van der Waals surface area contributed by atoms with E-state index in [1.807, 2.05) is 25.9 Å². The molecule has 0 aromatic heterocycles. The van der Waals surface area contributed by atoms with E-state index in [0.29, 0.717) is 11.7 Å². The second-order valence-corrected chi connectivity index (χ2v) is 3.22. The summed E-state index contributed by atoms with van der Waals surface area (Å²) in [5, 5.41) is 2.91. The van der Waals surface area contributed by atoms with Crippen molar-refractivity contribution in [1.82, 2.24) is 10.2 Å². The Morgan fingerprint density at radius 3 is 2.27 bits per heavy atom. The Morgan fingerprint density at radius 2 is 1.93 bits per heavy atom. The normalized spacial score (nSPS) is 12.9. The van der Waals surface area contributed by atoms with Gasteiger partial charge in [0.05, 0.1) is 5.82 Å². The molecule has 84 valence electrons. The average molecular weight is 209 g/mol. The summed E-state index contributed by atoms with van der Waals surface area (Å²) < 4.78 is 0. The van der Waals surface area contributed by atoms with Crippen LogP contribution in [0.4, 0.5) is 0 Å². The number of nitrogens with one attached hydrogen (secondary N) is 1. The number of amidine groups is 1. The van der Waals surface area contributed by atoms with Gasteiger partial charge in [0.1, 0.15) is 11.7 Å². The van der Waals surface area contributed by atoms with E-state index < -0.39 is 0 Å². The predicted octanol–water partition coefficient (Wildman–Crippen LogP) is 0.300. The molecule has 0 radical (unpaired) electrons. The molecule has 0 unspecified atom stereocenters. The third-order valence-electron chi connectivity index (χ3n) is 1.70. The van der Waals surface area contributed by atoms with E-state index in [-0.39, 0.29) is 0 Å². The van der Waals surface area contributed by atoms with E-state index in [9.17, 15) is 0 Å². The van der Waals surface area contributed by atoms with E-state index in [0.717, 1.165) is 11.4 Å². The molecule has 5 N–H and O–H groups in total. The molecule has 0 aromatic carbocycles. The number of rotatable bonds is 5. The largest absolute Gasteiger partial charge is 0.386 e. The van der Waals surface area contributed by atoms with Gasteiger partial charge >= 0.3 is 0 Å². The molecule has 0 heterocycles. The molecule has 0 aliphatic carbocycles. The lowest BCUT2D eigenvalue weighted by atomic mass is 10.2. The monoisotopic (exact) mass is 209 g/mol. The first kappa shape index (κ1) is 13.1. The molecule has 15 heavy (non-hydrogen) atoms. The van der Waals surface area contributed by atoms with Crippen molar-refractivity contribution in [3.8, 4) is 0 Å². The predicted molar refractivity (Wildman–Crippen MR) is 64.7 cm³/mol. The van der Waals surface area contributed by atoms with Crippen LogP contribution >= 0.6 is 0 Å². The molecule has 0 saturated carbocycles. The standard InChI is InChI=1S/C10H19N5/c1-6-13-9(12)7(2)10(15(4)5)14-8(3)11/h6,14H,1,3,11H2,2,4-5H3,(H2,12,13). The van der Waals surface area contributed by atoms with E-state index >= 15 is 0 Å². The highest BCUT2D eigenvalue weighted by atomic mass is 15.2. The van der Waals surface area contributed by atoms with Crippen LogP contribution < -0.4 is 16.8 Å². The van der Waals surface area contributed by atoms with Gasteiger partial charge in [-0.2, -0.15) is 0 Å². The van der Waals surface area contributed by atoms with Crippen LogP contribution in [0.25, 0.3) is 0 Å². The first-order valence-electron chi connectivity index (χ1n) is 4.44. The maximum Gasteiger partial charge on any atom is 0.129 e. The van der Waals surface area contributed by atoms with E-state index in [2.05, 4.69) is 23.5 Å². The molecular weight excluding hydrogens is 190 g/mol. The van der Waals surface area contributed by atoms with Crippen LogP contribution in [0.15, 0.2) is 41.6 Å². The molecule has 0 fully saturated rings. The molecule has 0 aliphatic rings. The van der Waals surface area contributed by atoms with Gasteiger partial charge in [0.2, 0.25) is 0 Å². The molecule has 0 aliphatic heterocycles. The highest BCUT2D eigenvalue weighted by molar-refractivity contribution is 5.97. The topological polar surface area (TPSA) is 79.7 Å². The fraction of sp³-hybridized carbons (Fsp3) is 0.300. The summed E-state index contributed by atoms with van der Waals surface area (Å²) in [6.45, 7) is 8.89. The molecule has 5 heteroatoms. The third kappa shape index (κ3) is 4.21. The Morgan fingerprint density at radius 1 is 1.40 bits per heavy atom. The SMILES string of the molecule is C=CN=C(N)C(C)=C(NC(=C)N)N(C)C. The summed E-state index contributed by atoms with van der Waals surface area (Å²) in [7, 11) is 3.74. The summed E-state index contributed by atoms with van der Waals surface area (Å²) in [5.41, 5.74) is 12.0. The number of aliphatic imine (C=N–C) groups is 1. The van der Waals surface area contributed by atoms with E-state index in [1.165, 1.54) is 6.20 Å². The van der Waals surface area contributed by atoms with Crippen LogP contribution in [0.1, 0.15) is 6.92 Å². The van der Waals surface area contributed by atoms with E-state index in [1.54, 1.807) is 0 Å². The highest BCUT2D eigenvalue weighted by Crippen LogP contribution is 2.04. The van der Waals surface area contributed by atoms with Gasteiger partial charge in [-0.25, -0.2) is 4.99 Å². The molecule has 5 nitrogen and oxygen atoms in total. The molecule has 0 rings (SSSR count). The van der Waals surface area contributed by atoms with Gasteiger partial charge in [-0.1, -0.05) is 13.2 Å². The zero-order chi connectivity index (χ0) is 12.0. The Kier molecular flexibility index (Phi) is 5.01. The maximum absolute atomic E-state index is 5.73. The van der Waals surface area contributed by atoms with E-state index in [4.69, 9.17) is 11.5 Å². The number of hydrogen-bond acceptors (Lipinski definition) is 4. The molecule has 0 bridgehead atoms. The zero-order valence-corrected chi connectivity index (χ0v) is 9.54. The summed E-state index contributed by atoms with van der Waals surface area (Å²) >= 11 is 0. The van der Waals surface area contributed by atoms with Crippen molar-refractivity contribution in [2.45, 2.75) is 6.92 Å². The summed E-state index contributed by atoms with van der Waals surface area (Å²) in [6.07, 6.45) is 1.39. The Balaban J connectivity index is 5.16. The first-order valence-corrected chi connectivity index (χ1v) is 4.44. The lowest BCUT2D eigenvalue weighted by Gasteiger charge is -2.21. The Hall–Kier alpha value is -1.91. The second-order valence-electron chi connectivity index (χ2n) is 3.22. The van der Waals surface area contributed by atoms with Crippen molar-refractivity contribution >= 4 is 5.84 Å². The van der Waals surface area contributed by atoms with Crippen LogP contribution in [0.2, 0.25) is 0 Å². The van der Waals surface area contributed by atoms with Crippen molar-refractivity contribution in [3.05, 3.63) is 36.6 Å². The van der Waals surface area contributed by atoms with Gasteiger partial charge < -0.3 is 21.7 Å². The van der Waals surface area contributed by atoms with Crippen molar-refractivity contribution in [3.63, 3.8) is 0 Å². The van der Waals surface area contributed by atoms with Crippen LogP contribution in [0.5, 0.6) is 0 Å². The molecule has 0 atom stereocenters. The fourth-order valence-corrected chi connectivity index (χ4v) is 1.01. The Bertz CT molecular complexity index is 312. The van der Waals surface area contributed by atoms with Gasteiger partial charge in [0, 0.05) is 25.9 Å². The average Bonchev–Trinajstić information content (AvgIpc) is 2.12. The van der Waals surface area contributed by atoms with Gasteiger partial charge in [-0.3, -0.25) is 0 Å². The number of hydrogen-bond donors (Lipinski definition) is 3. The minimum Gasteiger partial charge on any atom is -0.386 e. The molecule has 0 amide bonds. The van der Waals surface area contributed by atoms with Gasteiger partial charge in [0.15, 0.2) is 0 Å². The smallest absolute Gasteiger partial charge is 0.129 e. The van der Waals surface area contributed by atoms with Crippen LogP contribution in [0.3, 0.4) is 0 Å². The lowest BCUT2D eigenvalue weighted by Crippen LogP contribution is -2.32. The number of nitrogens with two attached hydrogens (primary N) is 2. The molecular formula is C10H19N5.